The van der Waals surface area contributed by atoms with Crippen molar-refractivity contribution in [2.24, 2.45) is 0 Å². The maximum atomic E-state index is 11.9. The van der Waals surface area contributed by atoms with Crippen LogP contribution in [0.25, 0.3) is 0 Å². The van der Waals surface area contributed by atoms with E-state index in [-0.39, 0.29) is 11.9 Å². The summed E-state index contributed by atoms with van der Waals surface area (Å²) in [6.45, 7) is 8.93. The molecule has 2 rings (SSSR count). The molecule has 0 aromatic carbocycles. The molecular formula is C13H22N2O3. The lowest BCUT2D eigenvalue weighted by Crippen LogP contribution is -2.55. The Hall–Kier alpha value is -0.910. The van der Waals surface area contributed by atoms with Crippen LogP contribution in [0.4, 0.5) is 0 Å². The molecule has 2 heterocycles. The minimum Gasteiger partial charge on any atom is -0.351 e. The van der Waals surface area contributed by atoms with Crippen LogP contribution in [0, 0.1) is 0 Å². The number of carbonyl (C=O) groups is 1. The van der Waals surface area contributed by atoms with Crippen LogP contribution in [0.2, 0.25) is 0 Å². The van der Waals surface area contributed by atoms with Crippen LogP contribution in [0.1, 0.15) is 19.8 Å². The van der Waals surface area contributed by atoms with Crippen molar-refractivity contribution in [2.75, 3.05) is 32.8 Å². The maximum Gasteiger partial charge on any atom is 0.237 e. The molecule has 1 amide bonds. The highest BCUT2D eigenvalue weighted by molar-refractivity contribution is 5.81. The van der Waals surface area contributed by atoms with E-state index in [0.29, 0.717) is 26.3 Å². The second-order valence-corrected chi connectivity index (χ2v) is 4.89. The minimum atomic E-state index is -0.467. The van der Waals surface area contributed by atoms with Gasteiger partial charge < -0.3 is 14.8 Å². The van der Waals surface area contributed by atoms with Crippen molar-refractivity contribution in [3.8, 4) is 0 Å². The second kappa shape index (κ2) is 5.82. The van der Waals surface area contributed by atoms with Gasteiger partial charge in [0.2, 0.25) is 5.91 Å². The lowest BCUT2D eigenvalue weighted by molar-refractivity contribution is -0.193. The van der Waals surface area contributed by atoms with Gasteiger partial charge in [-0.25, -0.2) is 0 Å². The summed E-state index contributed by atoms with van der Waals surface area (Å²) < 4.78 is 11.4. The van der Waals surface area contributed by atoms with Crippen molar-refractivity contribution in [1.29, 1.82) is 0 Å². The lowest BCUT2D eigenvalue weighted by Gasteiger charge is -2.40. The normalized spacial score (nSPS) is 24.9. The molecule has 18 heavy (non-hydrogen) atoms. The molecule has 0 aromatic rings. The number of nitrogens with zero attached hydrogens (tertiary/aromatic N) is 1. The molecule has 2 saturated heterocycles. The van der Waals surface area contributed by atoms with E-state index in [2.05, 4.69) is 16.8 Å². The average molecular weight is 254 g/mol. The summed E-state index contributed by atoms with van der Waals surface area (Å²) in [4.78, 5) is 14.1. The van der Waals surface area contributed by atoms with Gasteiger partial charge in [-0.2, -0.15) is 0 Å². The Balaban J connectivity index is 1.91. The van der Waals surface area contributed by atoms with Crippen molar-refractivity contribution < 1.29 is 14.3 Å². The largest absolute Gasteiger partial charge is 0.351 e. The fourth-order valence-electron chi connectivity index (χ4n) is 2.57. The quantitative estimate of drug-likeness (QED) is 0.743. The standard InChI is InChI=1S/C13H22N2O3/c1-3-6-14-12(16)11(2)15-7-4-5-13(10-15)17-8-9-18-13/h3,11H,1,4-10H2,2H3,(H,14,16). The molecule has 5 heteroatoms. The molecular weight excluding hydrogens is 232 g/mol. The number of carbonyl (C=O) groups excluding carboxylic acids is 1. The number of rotatable bonds is 4. The highest BCUT2D eigenvalue weighted by atomic mass is 16.7. The molecule has 0 radical (unpaired) electrons. The summed E-state index contributed by atoms with van der Waals surface area (Å²) in [6.07, 6.45) is 3.61. The van der Waals surface area contributed by atoms with Gasteiger partial charge in [-0.1, -0.05) is 6.08 Å². The van der Waals surface area contributed by atoms with Crippen LogP contribution in [0.15, 0.2) is 12.7 Å². The second-order valence-electron chi connectivity index (χ2n) is 4.89. The average Bonchev–Trinajstić information content (AvgIpc) is 2.83. The molecule has 0 bridgehead atoms. The van der Waals surface area contributed by atoms with E-state index in [4.69, 9.17) is 9.47 Å². The topological polar surface area (TPSA) is 50.8 Å². The van der Waals surface area contributed by atoms with Gasteiger partial charge in [0.15, 0.2) is 5.79 Å². The van der Waals surface area contributed by atoms with Crippen molar-refractivity contribution >= 4 is 5.91 Å². The van der Waals surface area contributed by atoms with Gasteiger partial charge in [-0.05, 0) is 19.9 Å². The minimum absolute atomic E-state index is 0.0324. The first-order valence-corrected chi connectivity index (χ1v) is 6.57. The summed E-state index contributed by atoms with van der Waals surface area (Å²) in [5.74, 6) is -0.435. The van der Waals surface area contributed by atoms with Crippen molar-refractivity contribution in [3.05, 3.63) is 12.7 Å². The smallest absolute Gasteiger partial charge is 0.237 e. The number of nitrogens with one attached hydrogen (secondary N) is 1. The van der Waals surface area contributed by atoms with E-state index in [0.717, 1.165) is 19.4 Å². The zero-order valence-corrected chi connectivity index (χ0v) is 11.0. The third-order valence-electron chi connectivity index (χ3n) is 3.61. The van der Waals surface area contributed by atoms with E-state index in [1.807, 2.05) is 6.92 Å². The van der Waals surface area contributed by atoms with Gasteiger partial charge in [0.05, 0.1) is 25.8 Å². The Morgan fingerprint density at radius 1 is 1.56 bits per heavy atom. The van der Waals surface area contributed by atoms with E-state index < -0.39 is 5.79 Å². The Morgan fingerprint density at radius 3 is 2.94 bits per heavy atom. The number of ether oxygens (including phenoxy) is 2. The highest BCUT2D eigenvalue weighted by Crippen LogP contribution is 2.30. The number of hydrogen-bond acceptors (Lipinski definition) is 4. The Bertz CT molecular complexity index is 313. The Labute approximate surface area is 108 Å². The molecule has 1 N–H and O–H groups in total. The predicted molar refractivity (Wildman–Crippen MR) is 68.1 cm³/mol. The molecule has 2 aliphatic heterocycles. The molecule has 1 spiro atoms. The van der Waals surface area contributed by atoms with E-state index >= 15 is 0 Å². The van der Waals surface area contributed by atoms with Crippen LogP contribution in [-0.4, -0.2) is 55.5 Å². The van der Waals surface area contributed by atoms with Crippen LogP contribution in [0.5, 0.6) is 0 Å². The third-order valence-corrected chi connectivity index (χ3v) is 3.61. The van der Waals surface area contributed by atoms with Crippen molar-refractivity contribution in [1.82, 2.24) is 10.2 Å². The van der Waals surface area contributed by atoms with Crippen LogP contribution in [0.3, 0.4) is 0 Å². The highest BCUT2D eigenvalue weighted by Gasteiger charge is 2.42. The van der Waals surface area contributed by atoms with Crippen LogP contribution < -0.4 is 5.32 Å². The Kier molecular flexibility index (Phi) is 4.37. The van der Waals surface area contributed by atoms with Gasteiger partial charge >= 0.3 is 0 Å². The van der Waals surface area contributed by atoms with Crippen LogP contribution in [-0.2, 0) is 14.3 Å². The number of hydrogen-bond donors (Lipinski definition) is 1. The lowest BCUT2D eigenvalue weighted by atomic mass is 10.0. The zero-order chi connectivity index (χ0) is 13.0. The molecule has 5 nitrogen and oxygen atoms in total. The molecule has 1 unspecified atom stereocenters. The monoisotopic (exact) mass is 254 g/mol. The summed E-state index contributed by atoms with van der Waals surface area (Å²) in [5.41, 5.74) is 0. The summed E-state index contributed by atoms with van der Waals surface area (Å²) in [7, 11) is 0. The maximum absolute atomic E-state index is 11.9. The van der Waals surface area contributed by atoms with E-state index in [1.165, 1.54) is 0 Å². The van der Waals surface area contributed by atoms with Crippen LogP contribution >= 0.6 is 0 Å². The fourth-order valence-corrected chi connectivity index (χ4v) is 2.57. The molecule has 102 valence electrons. The van der Waals surface area contributed by atoms with Crippen molar-refractivity contribution in [2.45, 2.75) is 31.6 Å². The summed E-state index contributed by atoms with van der Waals surface area (Å²) >= 11 is 0. The molecule has 0 aliphatic carbocycles. The fraction of sp³-hybridized carbons (Fsp3) is 0.769. The van der Waals surface area contributed by atoms with Gasteiger partial charge in [0.25, 0.3) is 0 Å². The first kappa shape index (κ1) is 13.5. The van der Waals surface area contributed by atoms with Gasteiger partial charge in [-0.3, -0.25) is 9.69 Å². The number of piperidine rings is 1. The SMILES string of the molecule is C=CCNC(=O)C(C)N1CCCC2(C1)OCCO2. The van der Waals surface area contributed by atoms with Gasteiger partial charge in [-0.15, -0.1) is 6.58 Å². The summed E-state index contributed by atoms with van der Waals surface area (Å²) in [6, 6.07) is -0.157. The number of amides is 1. The van der Waals surface area contributed by atoms with Gasteiger partial charge in [0, 0.05) is 13.0 Å². The molecule has 0 saturated carbocycles. The zero-order valence-electron chi connectivity index (χ0n) is 11.0. The Morgan fingerprint density at radius 2 is 2.28 bits per heavy atom. The van der Waals surface area contributed by atoms with E-state index in [9.17, 15) is 4.79 Å². The molecule has 2 fully saturated rings. The third kappa shape index (κ3) is 2.91. The summed E-state index contributed by atoms with van der Waals surface area (Å²) in [5, 5.41) is 2.83. The molecule has 0 aromatic heterocycles. The molecule has 2 aliphatic rings. The first-order valence-electron chi connectivity index (χ1n) is 6.57. The first-order chi connectivity index (χ1) is 8.67. The number of likely N-dealkylation sites (tertiary alicyclic amines) is 1. The van der Waals surface area contributed by atoms with Gasteiger partial charge in [0.1, 0.15) is 0 Å². The molecule has 1 atom stereocenters. The van der Waals surface area contributed by atoms with E-state index in [1.54, 1.807) is 6.08 Å². The van der Waals surface area contributed by atoms with Crippen molar-refractivity contribution in [3.63, 3.8) is 0 Å². The predicted octanol–water partition coefficient (Wildman–Crippen LogP) is 0.516.